The van der Waals surface area contributed by atoms with Crippen molar-refractivity contribution in [3.63, 3.8) is 0 Å². The van der Waals surface area contributed by atoms with Crippen LogP contribution in [0.3, 0.4) is 0 Å². The molecule has 1 amide bonds. The molecule has 0 aliphatic heterocycles. The number of hydrogen-bond donors (Lipinski definition) is 2. The van der Waals surface area contributed by atoms with Gasteiger partial charge in [-0.25, -0.2) is 4.79 Å². The first kappa shape index (κ1) is 27.8. The van der Waals surface area contributed by atoms with Crippen LogP contribution in [-0.2, 0) is 14.9 Å². The largest absolute Gasteiger partial charge is 0.446 e. The van der Waals surface area contributed by atoms with Crippen LogP contribution in [0.2, 0.25) is 5.22 Å². The van der Waals surface area contributed by atoms with Crippen LogP contribution in [-0.4, -0.2) is 31.4 Å². The zero-order chi connectivity index (χ0) is 20.8. The average molecular weight is 454 g/mol. The molecule has 0 fully saturated rings. The van der Waals surface area contributed by atoms with Crippen LogP contribution < -0.4 is 5.32 Å². The predicted octanol–water partition coefficient (Wildman–Crippen LogP) is 6.15. The van der Waals surface area contributed by atoms with Gasteiger partial charge in [0.05, 0.1) is 5.75 Å². The number of unbranched alkanes of at least 4 members (excludes halogenated alkanes) is 7. The summed E-state index contributed by atoms with van der Waals surface area (Å²) in [4.78, 5) is 12.0. The molecule has 1 heterocycles. The number of nitrogens with one attached hydrogen (secondary N) is 1. The van der Waals surface area contributed by atoms with Crippen LogP contribution in [0.5, 0.6) is 0 Å². The van der Waals surface area contributed by atoms with Gasteiger partial charge in [-0.1, -0.05) is 59.3 Å². The van der Waals surface area contributed by atoms with Gasteiger partial charge in [0.15, 0.2) is 11.3 Å². The molecule has 7 nitrogen and oxygen atoms in total. The van der Waals surface area contributed by atoms with E-state index >= 15 is 0 Å². The average Bonchev–Trinajstić information content (AvgIpc) is 3.05. The molecule has 9 heteroatoms. The minimum atomic E-state index is -4.03. The van der Waals surface area contributed by atoms with Crippen LogP contribution in [0.15, 0.2) is 16.5 Å². The first-order chi connectivity index (χ1) is 13.3. The van der Waals surface area contributed by atoms with Crippen molar-refractivity contribution in [2.24, 2.45) is 0 Å². The van der Waals surface area contributed by atoms with E-state index in [0.717, 1.165) is 19.3 Å². The van der Waals surface area contributed by atoms with Gasteiger partial charge >= 0.3 is 6.09 Å². The third-order valence-electron chi connectivity index (χ3n) is 4.33. The molecule has 1 rings (SSSR count). The van der Waals surface area contributed by atoms with Gasteiger partial charge in [-0.15, -0.1) is 0 Å². The van der Waals surface area contributed by atoms with E-state index < -0.39 is 28.1 Å². The fourth-order valence-electron chi connectivity index (χ4n) is 2.84. The van der Waals surface area contributed by atoms with Gasteiger partial charge in [0.25, 0.3) is 10.1 Å². The summed E-state index contributed by atoms with van der Waals surface area (Å²) < 4.78 is 40.8. The molecule has 170 valence electrons. The van der Waals surface area contributed by atoms with E-state index in [1.165, 1.54) is 32.1 Å². The Hall–Kier alpha value is -1.25. The second-order valence-electron chi connectivity index (χ2n) is 6.87. The molecule has 2 N–H and O–H groups in total. The summed E-state index contributed by atoms with van der Waals surface area (Å²) >= 11 is 5.83. The summed E-state index contributed by atoms with van der Waals surface area (Å²) in [7, 11) is -4.03. The summed E-state index contributed by atoms with van der Waals surface area (Å²) in [6.07, 6.45) is 8.89. The summed E-state index contributed by atoms with van der Waals surface area (Å²) in [5, 5.41) is 2.71. The zero-order valence-electron chi connectivity index (χ0n) is 16.5. The van der Waals surface area contributed by atoms with Crippen molar-refractivity contribution in [3.8, 4) is 0 Å². The van der Waals surface area contributed by atoms with E-state index in [1.54, 1.807) is 12.1 Å². The number of furan rings is 1. The number of carbonyl (C=O) groups excluding carboxylic acids is 1. The van der Waals surface area contributed by atoms with Gasteiger partial charge < -0.3 is 14.5 Å². The normalized spacial score (nSPS) is 12.2. The summed E-state index contributed by atoms with van der Waals surface area (Å²) in [5.74, 6) is 0.0731. The van der Waals surface area contributed by atoms with Gasteiger partial charge in [0.1, 0.15) is 5.76 Å². The molecule has 0 saturated heterocycles. The van der Waals surface area contributed by atoms with Crippen LogP contribution in [0.4, 0.5) is 4.79 Å². The lowest BCUT2D eigenvalue weighted by molar-refractivity contribution is 0.0778. The Kier molecular flexibility index (Phi) is 14.9. The van der Waals surface area contributed by atoms with Crippen LogP contribution in [0, 0.1) is 0 Å². The SMILES string of the molecule is C.CCCCCCCCCCC(OC(=O)NCCCS(=O)(=O)O)c1ccc(Cl)o1. The topological polar surface area (TPSA) is 106 Å². The number of halogens is 1. The third kappa shape index (κ3) is 14.4. The molecule has 0 aromatic carbocycles. The zero-order valence-corrected chi connectivity index (χ0v) is 18.1. The Morgan fingerprint density at radius 3 is 2.31 bits per heavy atom. The first-order valence-electron chi connectivity index (χ1n) is 9.96. The Morgan fingerprint density at radius 1 is 1.14 bits per heavy atom. The van der Waals surface area contributed by atoms with Crippen molar-refractivity contribution in [1.82, 2.24) is 5.32 Å². The van der Waals surface area contributed by atoms with Gasteiger partial charge in [-0.3, -0.25) is 4.55 Å². The van der Waals surface area contributed by atoms with Gasteiger partial charge in [-0.2, -0.15) is 8.42 Å². The van der Waals surface area contributed by atoms with E-state index in [0.29, 0.717) is 12.2 Å². The molecule has 1 aromatic rings. The quantitative estimate of drug-likeness (QED) is 0.244. The van der Waals surface area contributed by atoms with Crippen molar-refractivity contribution in [3.05, 3.63) is 23.1 Å². The second-order valence-corrected chi connectivity index (χ2v) is 8.81. The van der Waals surface area contributed by atoms with Gasteiger partial charge in [0, 0.05) is 6.54 Å². The lowest BCUT2D eigenvalue weighted by Gasteiger charge is -2.16. The highest BCUT2D eigenvalue weighted by Crippen LogP contribution is 2.28. The van der Waals surface area contributed by atoms with Gasteiger partial charge in [0.2, 0.25) is 0 Å². The molecule has 0 aliphatic carbocycles. The maximum atomic E-state index is 12.0. The number of ether oxygens (including phenoxy) is 1. The number of hydrogen-bond acceptors (Lipinski definition) is 5. The minimum Gasteiger partial charge on any atom is -0.446 e. The van der Waals surface area contributed by atoms with E-state index in [1.807, 2.05) is 0 Å². The van der Waals surface area contributed by atoms with Crippen LogP contribution >= 0.6 is 11.6 Å². The van der Waals surface area contributed by atoms with E-state index in [4.69, 9.17) is 25.3 Å². The Bertz CT molecular complexity index is 662. The monoisotopic (exact) mass is 453 g/mol. The Balaban J connectivity index is 0.00000784. The highest BCUT2D eigenvalue weighted by Gasteiger charge is 2.20. The molecule has 0 radical (unpaired) electrons. The number of rotatable bonds is 15. The predicted molar refractivity (Wildman–Crippen MR) is 116 cm³/mol. The molecule has 0 bridgehead atoms. The maximum Gasteiger partial charge on any atom is 0.407 e. The number of alkyl carbamates (subject to hydrolysis) is 1. The molecule has 1 aromatic heterocycles. The van der Waals surface area contributed by atoms with Crippen LogP contribution in [0.1, 0.15) is 90.4 Å². The van der Waals surface area contributed by atoms with Crippen molar-refractivity contribution in [1.29, 1.82) is 0 Å². The molecular weight excluding hydrogens is 418 g/mol. The fraction of sp³-hybridized carbons (Fsp3) is 0.750. The standard InChI is InChI=1S/C19H32ClNO6S.CH4/c1-2-3-4-5-6-7-8-9-11-16(17-12-13-18(20)26-17)27-19(22)21-14-10-15-28(23,24)25;/h12-13,16H,2-11,14-15H2,1H3,(H,21,22)(H,23,24,25);1H4. The fourth-order valence-corrected chi connectivity index (χ4v) is 3.50. The van der Waals surface area contributed by atoms with Crippen LogP contribution in [0.25, 0.3) is 0 Å². The maximum absolute atomic E-state index is 12.0. The molecule has 0 saturated carbocycles. The molecule has 29 heavy (non-hydrogen) atoms. The number of carbonyl (C=O) groups is 1. The van der Waals surface area contributed by atoms with E-state index in [9.17, 15) is 13.2 Å². The highest BCUT2D eigenvalue weighted by atomic mass is 35.5. The molecule has 0 aliphatic rings. The smallest absolute Gasteiger partial charge is 0.407 e. The summed E-state index contributed by atoms with van der Waals surface area (Å²) in [5.41, 5.74) is 0. The van der Waals surface area contributed by atoms with Crippen molar-refractivity contribution in [2.45, 2.75) is 84.7 Å². The first-order valence-corrected chi connectivity index (χ1v) is 12.0. The highest BCUT2D eigenvalue weighted by molar-refractivity contribution is 7.85. The molecular formula is C20H36ClNO6S. The van der Waals surface area contributed by atoms with Crippen molar-refractivity contribution in [2.75, 3.05) is 12.3 Å². The van der Waals surface area contributed by atoms with E-state index in [2.05, 4.69) is 12.2 Å². The Morgan fingerprint density at radius 2 is 1.76 bits per heavy atom. The van der Waals surface area contributed by atoms with Crippen molar-refractivity contribution >= 4 is 27.8 Å². The lowest BCUT2D eigenvalue weighted by Crippen LogP contribution is -2.28. The number of amides is 1. The van der Waals surface area contributed by atoms with Crippen molar-refractivity contribution < 1.29 is 26.9 Å². The molecule has 0 spiro atoms. The molecule has 1 unspecified atom stereocenters. The minimum absolute atomic E-state index is 0. The van der Waals surface area contributed by atoms with E-state index in [-0.39, 0.29) is 25.6 Å². The third-order valence-corrected chi connectivity index (χ3v) is 5.34. The summed E-state index contributed by atoms with van der Waals surface area (Å²) in [6, 6.07) is 3.29. The lowest BCUT2D eigenvalue weighted by atomic mass is 10.0. The second kappa shape index (κ2) is 15.6. The molecule has 1 atom stereocenters. The van der Waals surface area contributed by atoms with Gasteiger partial charge in [-0.05, 0) is 43.0 Å². The Labute approximate surface area is 180 Å². The summed E-state index contributed by atoms with van der Waals surface area (Å²) in [6.45, 7) is 2.29.